The molecule has 0 radical (unpaired) electrons. The number of hydrogen-bond acceptors (Lipinski definition) is 2. The van der Waals surface area contributed by atoms with Crippen molar-refractivity contribution >= 4 is 110 Å². The van der Waals surface area contributed by atoms with Crippen molar-refractivity contribution in [3.8, 4) is 11.4 Å². The van der Waals surface area contributed by atoms with Crippen LogP contribution in [0.5, 0.6) is 0 Å². The minimum absolute atomic E-state index is 0.243. The van der Waals surface area contributed by atoms with E-state index in [9.17, 15) is 0 Å². The molecule has 2 aromatic heterocycles. The number of anilines is 6. The highest BCUT2D eigenvalue weighted by Gasteiger charge is 2.33. The van der Waals surface area contributed by atoms with Gasteiger partial charge in [-0.15, -0.1) is 0 Å². The van der Waals surface area contributed by atoms with Gasteiger partial charge in [-0.05, 0) is 222 Å². The third kappa shape index (κ3) is 7.80. The van der Waals surface area contributed by atoms with Gasteiger partial charge in [0, 0.05) is 55.1 Å². The average Bonchev–Trinajstić information content (AvgIpc) is 2.42. The Bertz CT molecular complexity index is 4990. The lowest BCUT2D eigenvalue weighted by Gasteiger charge is -2.35. The Morgan fingerprint density at radius 2 is 0.788 bits per heavy atom. The summed E-state index contributed by atoms with van der Waals surface area (Å²) in [5.41, 5.74) is 27.3. The molecule has 2 aliphatic rings. The average molecular weight is 1100 g/mol. The maximum absolute atomic E-state index is 2.75. The van der Waals surface area contributed by atoms with E-state index in [0.29, 0.717) is 0 Å². The largest absolute Gasteiger partial charge is 0.309 e. The lowest BCUT2D eigenvalue weighted by molar-refractivity contribution is 0.686. The molecule has 0 spiro atoms. The van der Waals surface area contributed by atoms with Gasteiger partial charge >= 0.3 is 0 Å². The number of aromatic nitrogens is 2. The second-order valence-electron chi connectivity index (χ2n) is 25.3. The van der Waals surface area contributed by atoms with Crippen molar-refractivity contribution in [3.05, 3.63) is 250 Å². The van der Waals surface area contributed by atoms with Crippen LogP contribution in [-0.4, -0.2) is 9.13 Å². The molecule has 16 rings (SSSR count). The van der Waals surface area contributed by atoms with Crippen LogP contribution in [0, 0.1) is 20.8 Å². The molecule has 14 aromatic rings. The first-order chi connectivity index (χ1) is 41.6. The molecular formula is C81H72N4. The Hall–Kier alpha value is -9.12. The van der Waals surface area contributed by atoms with E-state index in [1.54, 1.807) is 0 Å². The van der Waals surface area contributed by atoms with Gasteiger partial charge in [0.25, 0.3) is 0 Å². The summed E-state index contributed by atoms with van der Waals surface area (Å²) in [6.45, 7) is 16.8. The SMILES string of the molecule is Cc1cc2c3ccccc3n(-c3ccccc3)c2c(C)c1N(c1cccc2c1CCCC2)c1cc(C(C)C)c2ccc3c(N(c4cccc5c4CCCC5)c4c(C)ccc5c6ccccc6n(-c6ccccc6)c45)cc(C(C)C)c4ccc1c2c43. The maximum Gasteiger partial charge on any atom is 0.0785 e. The highest BCUT2D eigenvalue weighted by atomic mass is 15.2. The van der Waals surface area contributed by atoms with Gasteiger partial charge in [0.15, 0.2) is 0 Å². The van der Waals surface area contributed by atoms with Crippen LogP contribution in [0.1, 0.15) is 115 Å². The first-order valence-corrected chi connectivity index (χ1v) is 31.4. The number of fused-ring (bicyclic) bond motifs is 8. The molecule has 12 aromatic carbocycles. The van der Waals surface area contributed by atoms with E-state index in [2.05, 4.69) is 268 Å². The van der Waals surface area contributed by atoms with E-state index in [1.165, 1.54) is 191 Å². The number of nitrogens with zero attached hydrogens (tertiary/aromatic N) is 4. The Kier molecular flexibility index (Phi) is 12.1. The van der Waals surface area contributed by atoms with E-state index >= 15 is 0 Å². The van der Waals surface area contributed by atoms with Gasteiger partial charge in [0.2, 0.25) is 0 Å². The molecule has 0 amide bonds. The first kappa shape index (κ1) is 51.5. The van der Waals surface area contributed by atoms with Crippen LogP contribution in [0.2, 0.25) is 0 Å². The maximum atomic E-state index is 2.75. The highest BCUT2D eigenvalue weighted by molar-refractivity contribution is 6.30. The normalized spacial score (nSPS) is 13.7. The van der Waals surface area contributed by atoms with Gasteiger partial charge in [-0.25, -0.2) is 0 Å². The molecule has 4 nitrogen and oxygen atoms in total. The van der Waals surface area contributed by atoms with Crippen molar-refractivity contribution in [1.82, 2.24) is 9.13 Å². The summed E-state index contributed by atoms with van der Waals surface area (Å²) in [6, 6.07) is 77.0. The lowest BCUT2D eigenvalue weighted by Crippen LogP contribution is -2.19. The fraction of sp³-hybridized carbons (Fsp3) is 0.210. The van der Waals surface area contributed by atoms with E-state index in [-0.39, 0.29) is 11.8 Å². The molecule has 0 atom stereocenters. The number of aryl methyl sites for hydroxylation is 5. The van der Waals surface area contributed by atoms with E-state index < -0.39 is 0 Å². The van der Waals surface area contributed by atoms with Crippen LogP contribution in [-0.2, 0) is 25.7 Å². The molecule has 0 bridgehead atoms. The summed E-state index contributed by atoms with van der Waals surface area (Å²) in [5.74, 6) is 0.490. The molecule has 2 heterocycles. The smallest absolute Gasteiger partial charge is 0.0785 e. The second kappa shape index (κ2) is 20.0. The molecule has 0 saturated carbocycles. The van der Waals surface area contributed by atoms with Crippen molar-refractivity contribution in [1.29, 1.82) is 0 Å². The lowest BCUT2D eigenvalue weighted by atomic mass is 9.83. The summed E-state index contributed by atoms with van der Waals surface area (Å²) >= 11 is 0. The minimum Gasteiger partial charge on any atom is -0.309 e. The van der Waals surface area contributed by atoms with Gasteiger partial charge < -0.3 is 18.9 Å². The Morgan fingerprint density at radius 1 is 0.341 bits per heavy atom. The third-order valence-electron chi connectivity index (χ3n) is 19.7. The summed E-state index contributed by atoms with van der Waals surface area (Å²) in [7, 11) is 0. The first-order valence-electron chi connectivity index (χ1n) is 31.4. The van der Waals surface area contributed by atoms with Gasteiger partial charge in [0.1, 0.15) is 0 Å². The quantitative estimate of drug-likeness (QED) is 0.127. The van der Waals surface area contributed by atoms with E-state index in [4.69, 9.17) is 0 Å². The Balaban J connectivity index is 1.05. The zero-order chi connectivity index (χ0) is 57.4. The van der Waals surface area contributed by atoms with Crippen molar-refractivity contribution in [2.24, 2.45) is 0 Å². The summed E-state index contributed by atoms with van der Waals surface area (Å²) in [4.78, 5) is 5.50. The number of rotatable bonds is 10. The van der Waals surface area contributed by atoms with E-state index in [1.807, 2.05) is 0 Å². The van der Waals surface area contributed by atoms with Gasteiger partial charge in [0.05, 0.1) is 44.8 Å². The molecule has 0 N–H and O–H groups in total. The molecular weight excluding hydrogens is 1030 g/mol. The minimum atomic E-state index is 0.243. The van der Waals surface area contributed by atoms with Gasteiger partial charge in [-0.2, -0.15) is 0 Å². The predicted octanol–water partition coefficient (Wildman–Crippen LogP) is 22.6. The van der Waals surface area contributed by atoms with Crippen LogP contribution in [0.25, 0.3) is 87.3 Å². The predicted molar refractivity (Wildman–Crippen MR) is 364 cm³/mol. The van der Waals surface area contributed by atoms with Crippen molar-refractivity contribution in [2.45, 2.75) is 112 Å². The monoisotopic (exact) mass is 1100 g/mol. The third-order valence-corrected chi connectivity index (χ3v) is 19.7. The Morgan fingerprint density at radius 3 is 1.32 bits per heavy atom. The van der Waals surface area contributed by atoms with Gasteiger partial charge in [-0.3, -0.25) is 0 Å². The molecule has 0 fully saturated rings. The highest BCUT2D eigenvalue weighted by Crippen LogP contribution is 2.55. The standard InChI is InChI=1S/C81H72N4/c1-49(2)67-47-74(84(70-38-22-26-54-24-14-16-32-58(54)70)78-52(6)46-69-61-35-19-21-37-73(61)82(80(69)53(78)7)56-28-10-8-11-29-56)65-44-42-63-68(50(3)4)48-75(66-45-43-62(67)76(65)77(63)66)85(71-39-23-27-55-25-15-17-33-59(55)71)79-51(5)40-41-64-60-34-18-20-36-72(60)83(81(64)79)57-30-12-9-13-31-57/h8-13,18-23,26-31,34-50H,14-17,24-25,32-33H2,1-7H3. The van der Waals surface area contributed by atoms with Crippen LogP contribution in [0.4, 0.5) is 34.1 Å². The molecule has 2 aliphatic carbocycles. The number of hydrogen-bond donors (Lipinski definition) is 0. The zero-order valence-corrected chi connectivity index (χ0v) is 50.2. The molecule has 416 valence electrons. The fourth-order valence-electron chi connectivity index (χ4n) is 15.9. The van der Waals surface area contributed by atoms with Crippen LogP contribution >= 0.6 is 0 Å². The van der Waals surface area contributed by atoms with Crippen LogP contribution < -0.4 is 9.80 Å². The van der Waals surface area contributed by atoms with E-state index in [0.717, 1.165) is 31.4 Å². The second-order valence-corrected chi connectivity index (χ2v) is 25.3. The van der Waals surface area contributed by atoms with Crippen molar-refractivity contribution in [2.75, 3.05) is 9.80 Å². The Labute approximate surface area is 499 Å². The molecule has 0 saturated heterocycles. The summed E-state index contributed by atoms with van der Waals surface area (Å²) in [6.07, 6.45) is 9.13. The molecule has 85 heavy (non-hydrogen) atoms. The zero-order valence-electron chi connectivity index (χ0n) is 50.2. The number of benzene rings is 12. The van der Waals surface area contributed by atoms with Crippen LogP contribution in [0.3, 0.4) is 0 Å². The molecule has 4 heteroatoms. The number of para-hydroxylation sites is 4. The fourth-order valence-corrected chi connectivity index (χ4v) is 15.9. The van der Waals surface area contributed by atoms with Crippen LogP contribution in [0.15, 0.2) is 200 Å². The summed E-state index contributed by atoms with van der Waals surface area (Å²) < 4.78 is 5.07. The topological polar surface area (TPSA) is 16.3 Å². The van der Waals surface area contributed by atoms with Crippen molar-refractivity contribution < 1.29 is 0 Å². The van der Waals surface area contributed by atoms with Crippen molar-refractivity contribution in [3.63, 3.8) is 0 Å². The molecule has 0 aliphatic heterocycles. The summed E-state index contributed by atoms with van der Waals surface area (Å²) in [5, 5.41) is 13.0. The van der Waals surface area contributed by atoms with Gasteiger partial charge in [-0.1, -0.05) is 161 Å². The molecule has 0 unspecified atom stereocenters.